The number of nitrogens with one attached hydrogen (secondary N) is 1. The summed E-state index contributed by atoms with van der Waals surface area (Å²) in [6.07, 6.45) is 3.14. The standard InChI is InChI=1S/C16H14BrNO3S/c17-15-7-5-12(22-15)6-8-16(19)18-9-11-10-20-13-3-1-2-4-14(13)21-11/h1-8,11H,9-10H2,(H,18,19)/b8-6+/t11-/m1/s1. The number of para-hydroxylation sites is 2. The Bertz CT molecular complexity index is 698. The zero-order chi connectivity index (χ0) is 15.4. The SMILES string of the molecule is O=C(/C=C/c1ccc(Br)s1)NC[C@@H]1COc2ccccc2O1. The molecule has 0 fully saturated rings. The molecule has 1 N–H and O–H groups in total. The van der Waals surface area contributed by atoms with E-state index in [9.17, 15) is 4.79 Å². The molecule has 6 heteroatoms. The minimum absolute atomic E-state index is 0.146. The molecule has 4 nitrogen and oxygen atoms in total. The van der Waals surface area contributed by atoms with Crippen molar-refractivity contribution in [2.45, 2.75) is 6.10 Å². The highest BCUT2D eigenvalue weighted by molar-refractivity contribution is 9.11. The number of hydrogen-bond donors (Lipinski definition) is 1. The van der Waals surface area contributed by atoms with Crippen molar-refractivity contribution < 1.29 is 14.3 Å². The predicted octanol–water partition coefficient (Wildman–Crippen LogP) is 3.48. The van der Waals surface area contributed by atoms with Crippen LogP contribution >= 0.6 is 27.3 Å². The van der Waals surface area contributed by atoms with Gasteiger partial charge in [-0.05, 0) is 46.3 Å². The molecule has 1 aromatic heterocycles. The first kappa shape index (κ1) is 15.1. The predicted molar refractivity (Wildman–Crippen MR) is 90.4 cm³/mol. The number of carbonyl (C=O) groups is 1. The van der Waals surface area contributed by atoms with Gasteiger partial charge in [0.15, 0.2) is 11.5 Å². The summed E-state index contributed by atoms with van der Waals surface area (Å²) in [5.41, 5.74) is 0. The van der Waals surface area contributed by atoms with Crippen LogP contribution in [0.25, 0.3) is 6.08 Å². The van der Waals surface area contributed by atoms with E-state index in [2.05, 4.69) is 21.2 Å². The highest BCUT2D eigenvalue weighted by atomic mass is 79.9. The Kier molecular flexibility index (Phi) is 4.80. The number of hydrogen-bond acceptors (Lipinski definition) is 4. The topological polar surface area (TPSA) is 47.6 Å². The van der Waals surface area contributed by atoms with Crippen LogP contribution in [-0.4, -0.2) is 25.2 Å². The van der Waals surface area contributed by atoms with Crippen molar-refractivity contribution >= 4 is 39.2 Å². The van der Waals surface area contributed by atoms with Gasteiger partial charge in [-0.15, -0.1) is 11.3 Å². The maximum absolute atomic E-state index is 11.8. The van der Waals surface area contributed by atoms with Gasteiger partial charge in [0.25, 0.3) is 0 Å². The van der Waals surface area contributed by atoms with Gasteiger partial charge in [0, 0.05) is 11.0 Å². The molecule has 0 saturated carbocycles. The Hall–Kier alpha value is -1.79. The van der Waals surface area contributed by atoms with Crippen LogP contribution in [0.3, 0.4) is 0 Å². The fourth-order valence-electron chi connectivity index (χ4n) is 2.01. The van der Waals surface area contributed by atoms with E-state index in [-0.39, 0.29) is 12.0 Å². The Morgan fingerprint density at radius 2 is 2.14 bits per heavy atom. The number of ether oxygens (including phenoxy) is 2. The molecular weight excluding hydrogens is 366 g/mol. The van der Waals surface area contributed by atoms with Crippen molar-refractivity contribution in [1.29, 1.82) is 0 Å². The smallest absolute Gasteiger partial charge is 0.244 e. The van der Waals surface area contributed by atoms with E-state index >= 15 is 0 Å². The van der Waals surface area contributed by atoms with Crippen molar-refractivity contribution in [1.82, 2.24) is 5.32 Å². The van der Waals surface area contributed by atoms with Crippen LogP contribution < -0.4 is 14.8 Å². The second-order valence-corrected chi connectivity index (χ2v) is 7.21. The van der Waals surface area contributed by atoms with Crippen molar-refractivity contribution in [3.05, 3.63) is 51.1 Å². The maximum atomic E-state index is 11.8. The lowest BCUT2D eigenvalue weighted by molar-refractivity contribution is -0.116. The fraction of sp³-hybridized carbons (Fsp3) is 0.188. The van der Waals surface area contributed by atoms with E-state index < -0.39 is 0 Å². The quantitative estimate of drug-likeness (QED) is 0.827. The summed E-state index contributed by atoms with van der Waals surface area (Å²) in [5, 5.41) is 2.82. The van der Waals surface area contributed by atoms with Gasteiger partial charge in [-0.2, -0.15) is 0 Å². The van der Waals surface area contributed by atoms with Gasteiger partial charge in [-0.3, -0.25) is 4.79 Å². The first-order chi connectivity index (χ1) is 10.7. The summed E-state index contributed by atoms with van der Waals surface area (Å²) >= 11 is 4.96. The number of amides is 1. The van der Waals surface area contributed by atoms with Crippen LogP contribution in [0.2, 0.25) is 0 Å². The zero-order valence-corrected chi connectivity index (χ0v) is 14.0. The summed E-state index contributed by atoms with van der Waals surface area (Å²) in [6.45, 7) is 0.838. The molecule has 1 aromatic carbocycles. The maximum Gasteiger partial charge on any atom is 0.244 e. The highest BCUT2D eigenvalue weighted by Gasteiger charge is 2.20. The third kappa shape index (κ3) is 3.90. The van der Waals surface area contributed by atoms with Gasteiger partial charge in [-0.1, -0.05) is 12.1 Å². The monoisotopic (exact) mass is 379 g/mol. The minimum Gasteiger partial charge on any atom is -0.486 e. The molecule has 0 saturated heterocycles. The number of rotatable bonds is 4. The van der Waals surface area contributed by atoms with E-state index in [0.717, 1.165) is 14.4 Å². The van der Waals surface area contributed by atoms with Gasteiger partial charge in [0.05, 0.1) is 10.3 Å². The summed E-state index contributed by atoms with van der Waals surface area (Å²) < 4.78 is 12.4. The number of fused-ring (bicyclic) bond motifs is 1. The van der Waals surface area contributed by atoms with Crippen molar-refractivity contribution in [2.75, 3.05) is 13.2 Å². The number of halogens is 1. The average Bonchev–Trinajstić information content (AvgIpc) is 2.96. The first-order valence-corrected chi connectivity index (χ1v) is 8.41. The third-order valence-electron chi connectivity index (χ3n) is 3.06. The van der Waals surface area contributed by atoms with E-state index in [1.54, 1.807) is 17.4 Å². The summed E-state index contributed by atoms with van der Waals surface area (Å²) in [6, 6.07) is 11.4. The summed E-state index contributed by atoms with van der Waals surface area (Å²) in [5.74, 6) is 1.31. The molecule has 1 aliphatic rings. The van der Waals surface area contributed by atoms with Crippen LogP contribution in [0.15, 0.2) is 46.3 Å². The molecule has 0 radical (unpaired) electrons. The van der Waals surface area contributed by atoms with Crippen LogP contribution in [0.4, 0.5) is 0 Å². The van der Waals surface area contributed by atoms with Gasteiger partial charge in [0.2, 0.25) is 5.91 Å². The first-order valence-electron chi connectivity index (χ1n) is 6.80. The number of thiophene rings is 1. The second-order valence-electron chi connectivity index (χ2n) is 4.72. The normalized spacial score (nSPS) is 16.7. The molecule has 1 aliphatic heterocycles. The van der Waals surface area contributed by atoms with Crippen molar-refractivity contribution in [3.63, 3.8) is 0 Å². The molecule has 114 valence electrons. The second kappa shape index (κ2) is 6.98. The van der Waals surface area contributed by atoms with E-state index in [1.165, 1.54) is 6.08 Å². The summed E-state index contributed by atoms with van der Waals surface area (Å²) in [7, 11) is 0. The molecule has 1 amide bonds. The van der Waals surface area contributed by atoms with Gasteiger partial charge >= 0.3 is 0 Å². The number of carbonyl (C=O) groups excluding carboxylic acids is 1. The van der Waals surface area contributed by atoms with E-state index in [4.69, 9.17) is 9.47 Å². The van der Waals surface area contributed by atoms with Crippen LogP contribution in [0.5, 0.6) is 11.5 Å². The average molecular weight is 380 g/mol. The van der Waals surface area contributed by atoms with Crippen LogP contribution in [-0.2, 0) is 4.79 Å². The third-order valence-corrected chi connectivity index (χ3v) is 4.65. The molecule has 2 heterocycles. The van der Waals surface area contributed by atoms with Crippen molar-refractivity contribution in [3.8, 4) is 11.5 Å². The number of benzene rings is 1. The molecule has 22 heavy (non-hydrogen) atoms. The Labute approximate surface area is 140 Å². The molecule has 0 unspecified atom stereocenters. The van der Waals surface area contributed by atoms with Gasteiger partial charge in [-0.25, -0.2) is 0 Å². The minimum atomic E-state index is -0.178. The van der Waals surface area contributed by atoms with Crippen molar-refractivity contribution in [2.24, 2.45) is 0 Å². The van der Waals surface area contributed by atoms with E-state index in [1.807, 2.05) is 36.4 Å². The van der Waals surface area contributed by atoms with Crippen LogP contribution in [0, 0.1) is 0 Å². The summed E-state index contributed by atoms with van der Waals surface area (Å²) in [4.78, 5) is 12.8. The largest absolute Gasteiger partial charge is 0.486 e. The van der Waals surface area contributed by atoms with Gasteiger partial charge < -0.3 is 14.8 Å². The zero-order valence-electron chi connectivity index (χ0n) is 11.6. The Morgan fingerprint density at radius 3 is 2.91 bits per heavy atom. The molecule has 0 spiro atoms. The molecule has 0 bridgehead atoms. The lowest BCUT2D eigenvalue weighted by Crippen LogP contribution is -2.40. The Morgan fingerprint density at radius 1 is 1.32 bits per heavy atom. The lowest BCUT2D eigenvalue weighted by Gasteiger charge is -2.26. The fourth-order valence-corrected chi connectivity index (χ4v) is 3.34. The molecule has 1 atom stereocenters. The molecule has 3 rings (SSSR count). The van der Waals surface area contributed by atoms with Crippen LogP contribution in [0.1, 0.15) is 4.88 Å². The highest BCUT2D eigenvalue weighted by Crippen LogP contribution is 2.30. The Balaban J connectivity index is 1.49. The van der Waals surface area contributed by atoms with Gasteiger partial charge in [0.1, 0.15) is 12.7 Å². The molecule has 0 aliphatic carbocycles. The molecule has 2 aromatic rings. The molecular formula is C16H14BrNO3S. The lowest BCUT2D eigenvalue weighted by atomic mass is 10.2. The van der Waals surface area contributed by atoms with E-state index in [0.29, 0.717) is 18.9 Å².